The number of carbonyl (C=O) groups is 1. The molecule has 0 radical (unpaired) electrons. The second-order valence-corrected chi connectivity index (χ2v) is 6.95. The lowest BCUT2D eigenvalue weighted by atomic mass is 10.0. The lowest BCUT2D eigenvalue weighted by molar-refractivity contribution is 0.1000. The first-order chi connectivity index (χ1) is 14.1. The first kappa shape index (κ1) is 18.6. The molecule has 0 saturated heterocycles. The van der Waals surface area contributed by atoms with Crippen molar-refractivity contribution in [2.75, 3.05) is 0 Å². The zero-order valence-corrected chi connectivity index (χ0v) is 16.2. The zero-order valence-electron chi connectivity index (χ0n) is 16.2. The number of primary amides is 1. The van der Waals surface area contributed by atoms with Crippen LogP contribution in [0.15, 0.2) is 84.9 Å². The van der Waals surface area contributed by atoms with Gasteiger partial charge >= 0.3 is 0 Å². The van der Waals surface area contributed by atoms with Gasteiger partial charge in [-0.3, -0.25) is 4.79 Å². The van der Waals surface area contributed by atoms with E-state index >= 15 is 0 Å². The third kappa shape index (κ3) is 4.06. The maximum Gasteiger partial charge on any atom is 0.250 e. The third-order valence-electron chi connectivity index (χ3n) is 4.89. The first-order valence-electron chi connectivity index (χ1n) is 9.50. The van der Waals surface area contributed by atoms with Crippen LogP contribution in [0.5, 0.6) is 11.5 Å². The molecule has 4 rings (SSSR count). The van der Waals surface area contributed by atoms with Gasteiger partial charge in [-0.15, -0.1) is 0 Å². The maximum absolute atomic E-state index is 11.6. The van der Waals surface area contributed by atoms with Gasteiger partial charge in [0.25, 0.3) is 5.91 Å². The second kappa shape index (κ2) is 8.07. The van der Waals surface area contributed by atoms with Gasteiger partial charge in [-0.05, 0) is 42.3 Å². The molecule has 3 aromatic carbocycles. The van der Waals surface area contributed by atoms with Gasteiger partial charge in [0.05, 0.1) is 11.3 Å². The molecule has 0 atom stereocenters. The number of carbonyl (C=O) groups excluding carboxylic acids is 1. The fraction of sp³-hybridized carbons (Fsp3) is 0.0800. The van der Waals surface area contributed by atoms with Gasteiger partial charge < -0.3 is 15.5 Å². The number of H-pyrrole nitrogens is 1. The van der Waals surface area contributed by atoms with Crippen molar-refractivity contribution in [3.63, 3.8) is 0 Å². The normalized spacial score (nSPS) is 10.7. The minimum absolute atomic E-state index is 0.448. The standard InChI is InChI=1S/C25H22N2O2/c1-17-21(25(26)28)16-22(27-17)20-12-6-8-14-24(20)29-23-13-7-5-11-19(23)15-18-9-3-2-4-10-18/h2-14,16,27H,15H2,1H3,(H2,26,28). The van der Waals surface area contributed by atoms with Crippen LogP contribution < -0.4 is 10.5 Å². The lowest BCUT2D eigenvalue weighted by Gasteiger charge is -2.14. The van der Waals surface area contributed by atoms with E-state index in [1.165, 1.54) is 5.56 Å². The molecule has 0 unspecified atom stereocenters. The van der Waals surface area contributed by atoms with Crippen molar-refractivity contribution in [1.29, 1.82) is 0 Å². The van der Waals surface area contributed by atoms with Gasteiger partial charge in [0.15, 0.2) is 0 Å². The number of nitrogens with one attached hydrogen (secondary N) is 1. The van der Waals surface area contributed by atoms with Crippen LogP contribution in [0, 0.1) is 6.92 Å². The number of aromatic nitrogens is 1. The fourth-order valence-corrected chi connectivity index (χ4v) is 3.42. The minimum atomic E-state index is -0.448. The molecule has 3 N–H and O–H groups in total. The summed E-state index contributed by atoms with van der Waals surface area (Å²) >= 11 is 0. The highest BCUT2D eigenvalue weighted by molar-refractivity contribution is 5.95. The molecule has 4 heteroatoms. The van der Waals surface area contributed by atoms with Crippen LogP contribution >= 0.6 is 0 Å². The van der Waals surface area contributed by atoms with E-state index in [9.17, 15) is 4.79 Å². The summed E-state index contributed by atoms with van der Waals surface area (Å²) in [5.74, 6) is 1.07. The molecule has 0 saturated carbocycles. The molecule has 29 heavy (non-hydrogen) atoms. The van der Waals surface area contributed by atoms with E-state index in [-0.39, 0.29) is 0 Å². The lowest BCUT2D eigenvalue weighted by Crippen LogP contribution is -2.10. The number of ether oxygens (including phenoxy) is 1. The minimum Gasteiger partial charge on any atom is -0.456 e. The highest BCUT2D eigenvalue weighted by atomic mass is 16.5. The van der Waals surface area contributed by atoms with E-state index < -0.39 is 5.91 Å². The quantitative estimate of drug-likeness (QED) is 0.464. The van der Waals surface area contributed by atoms with Crippen LogP contribution in [0.25, 0.3) is 11.3 Å². The molecule has 0 aliphatic rings. The molecule has 4 aromatic rings. The largest absolute Gasteiger partial charge is 0.456 e. The summed E-state index contributed by atoms with van der Waals surface area (Å²) in [5, 5.41) is 0. The van der Waals surface area contributed by atoms with Crippen LogP contribution in [0.3, 0.4) is 0 Å². The Kier molecular flexibility index (Phi) is 5.16. The summed E-state index contributed by atoms with van der Waals surface area (Å²) in [6.07, 6.45) is 0.784. The molecular formula is C25H22N2O2. The number of rotatable bonds is 6. The molecule has 1 amide bonds. The Morgan fingerprint density at radius 3 is 2.28 bits per heavy atom. The Bertz CT molecular complexity index is 1150. The molecule has 1 aromatic heterocycles. The van der Waals surface area contributed by atoms with Crippen LogP contribution in [-0.4, -0.2) is 10.9 Å². The van der Waals surface area contributed by atoms with Crippen molar-refractivity contribution in [2.45, 2.75) is 13.3 Å². The number of aryl methyl sites for hydroxylation is 1. The Hall–Kier alpha value is -3.79. The second-order valence-electron chi connectivity index (χ2n) is 6.95. The van der Waals surface area contributed by atoms with Gasteiger partial charge in [0, 0.05) is 17.7 Å². The Balaban J connectivity index is 1.68. The summed E-state index contributed by atoms with van der Waals surface area (Å²) in [5.41, 5.74) is 10.7. The number of hydrogen-bond donors (Lipinski definition) is 2. The topological polar surface area (TPSA) is 68.1 Å². The number of amides is 1. The summed E-state index contributed by atoms with van der Waals surface area (Å²) < 4.78 is 6.34. The molecule has 0 aliphatic carbocycles. The van der Waals surface area contributed by atoms with E-state index in [1.54, 1.807) is 6.07 Å². The van der Waals surface area contributed by atoms with Gasteiger partial charge in [0.2, 0.25) is 0 Å². The van der Waals surface area contributed by atoms with Crippen molar-refractivity contribution in [1.82, 2.24) is 4.98 Å². The predicted molar refractivity (Wildman–Crippen MR) is 115 cm³/mol. The van der Waals surface area contributed by atoms with E-state index in [2.05, 4.69) is 23.2 Å². The summed E-state index contributed by atoms with van der Waals surface area (Å²) in [6, 6.07) is 27.9. The van der Waals surface area contributed by atoms with Crippen LogP contribution in [0.1, 0.15) is 27.2 Å². The first-order valence-corrected chi connectivity index (χ1v) is 9.50. The molecule has 0 spiro atoms. The smallest absolute Gasteiger partial charge is 0.250 e. The van der Waals surface area contributed by atoms with E-state index in [4.69, 9.17) is 10.5 Å². The molecule has 1 heterocycles. The zero-order chi connectivity index (χ0) is 20.2. The molecule has 0 fully saturated rings. The number of benzene rings is 3. The molecule has 0 aliphatic heterocycles. The third-order valence-corrected chi connectivity index (χ3v) is 4.89. The molecule has 144 valence electrons. The molecular weight excluding hydrogens is 360 g/mol. The highest BCUT2D eigenvalue weighted by Crippen LogP contribution is 2.35. The van der Waals surface area contributed by atoms with Crippen LogP contribution in [0.2, 0.25) is 0 Å². The van der Waals surface area contributed by atoms with Gasteiger partial charge in [-0.25, -0.2) is 0 Å². The molecule has 4 nitrogen and oxygen atoms in total. The Morgan fingerprint density at radius 1 is 0.897 bits per heavy atom. The van der Waals surface area contributed by atoms with Crippen molar-refractivity contribution < 1.29 is 9.53 Å². The summed E-state index contributed by atoms with van der Waals surface area (Å²) in [6.45, 7) is 1.84. The van der Waals surface area contributed by atoms with E-state index in [1.807, 2.05) is 67.6 Å². The highest BCUT2D eigenvalue weighted by Gasteiger charge is 2.15. The number of aromatic amines is 1. The van der Waals surface area contributed by atoms with E-state index in [0.717, 1.165) is 34.7 Å². The maximum atomic E-state index is 11.6. The van der Waals surface area contributed by atoms with Gasteiger partial charge in [-0.2, -0.15) is 0 Å². The van der Waals surface area contributed by atoms with E-state index in [0.29, 0.717) is 11.3 Å². The fourth-order valence-electron chi connectivity index (χ4n) is 3.42. The van der Waals surface area contributed by atoms with Gasteiger partial charge in [-0.1, -0.05) is 60.7 Å². The van der Waals surface area contributed by atoms with Crippen molar-refractivity contribution in [2.24, 2.45) is 5.73 Å². The van der Waals surface area contributed by atoms with Gasteiger partial charge in [0.1, 0.15) is 11.5 Å². The summed E-state index contributed by atoms with van der Waals surface area (Å²) in [4.78, 5) is 14.9. The number of hydrogen-bond acceptors (Lipinski definition) is 2. The van der Waals surface area contributed by atoms with Crippen molar-refractivity contribution in [3.8, 4) is 22.8 Å². The number of nitrogens with two attached hydrogens (primary N) is 1. The average Bonchev–Trinajstić information content (AvgIpc) is 3.12. The number of para-hydroxylation sites is 2. The van der Waals surface area contributed by atoms with Crippen LogP contribution in [0.4, 0.5) is 0 Å². The Morgan fingerprint density at radius 2 is 1.55 bits per heavy atom. The summed E-state index contributed by atoms with van der Waals surface area (Å²) in [7, 11) is 0. The average molecular weight is 382 g/mol. The Labute approximate surface area is 170 Å². The predicted octanol–water partition coefficient (Wildman–Crippen LogP) is 5.47. The monoisotopic (exact) mass is 382 g/mol. The van der Waals surface area contributed by atoms with Crippen molar-refractivity contribution in [3.05, 3.63) is 107 Å². The van der Waals surface area contributed by atoms with Crippen molar-refractivity contribution >= 4 is 5.91 Å². The molecule has 0 bridgehead atoms. The SMILES string of the molecule is Cc1[nH]c(-c2ccccc2Oc2ccccc2Cc2ccccc2)cc1C(N)=O. The van der Waals surface area contributed by atoms with Crippen LogP contribution in [-0.2, 0) is 6.42 Å².